The predicted octanol–water partition coefficient (Wildman–Crippen LogP) is 2.71. The number of benzene rings is 1. The number of para-hydroxylation sites is 1. The van der Waals surface area contributed by atoms with Crippen molar-refractivity contribution in [3.8, 4) is 6.07 Å². The Morgan fingerprint density at radius 3 is 2.85 bits per heavy atom. The second-order valence-electron chi connectivity index (χ2n) is 2.76. The van der Waals surface area contributed by atoms with Crippen molar-refractivity contribution >= 4 is 22.5 Å². The van der Waals surface area contributed by atoms with Crippen LogP contribution in [-0.2, 0) is 6.00 Å². The lowest BCUT2D eigenvalue weighted by atomic mass is 10.2. The molecule has 0 spiro atoms. The smallest absolute Gasteiger partial charge is 0.101 e. The first-order valence-corrected chi connectivity index (χ1v) is 4.44. The van der Waals surface area contributed by atoms with Crippen molar-refractivity contribution in [3.05, 3.63) is 36.0 Å². The Labute approximate surface area is 81.0 Å². The van der Waals surface area contributed by atoms with Gasteiger partial charge < -0.3 is 4.57 Å². The molecule has 0 atom stereocenters. The van der Waals surface area contributed by atoms with Crippen LogP contribution < -0.4 is 0 Å². The van der Waals surface area contributed by atoms with E-state index in [0.29, 0.717) is 11.6 Å². The van der Waals surface area contributed by atoms with Crippen LogP contribution in [-0.4, -0.2) is 4.57 Å². The number of hydrogen-bond donors (Lipinski definition) is 0. The number of nitrogens with zero attached hydrogens (tertiary/aromatic N) is 2. The molecule has 0 saturated carbocycles. The lowest BCUT2D eigenvalue weighted by Crippen LogP contribution is -1.87. The van der Waals surface area contributed by atoms with E-state index in [1.807, 2.05) is 28.8 Å². The fourth-order valence-corrected chi connectivity index (χ4v) is 1.63. The molecule has 3 heteroatoms. The van der Waals surface area contributed by atoms with E-state index < -0.39 is 0 Å². The molecule has 0 fully saturated rings. The van der Waals surface area contributed by atoms with Crippen molar-refractivity contribution in [3.63, 3.8) is 0 Å². The molecule has 0 N–H and O–H groups in total. The van der Waals surface area contributed by atoms with Crippen LogP contribution in [0, 0.1) is 11.3 Å². The van der Waals surface area contributed by atoms with Crippen molar-refractivity contribution in [1.82, 2.24) is 4.57 Å². The number of aromatic nitrogens is 1. The SMILES string of the molecule is N#Cc1cn(CCl)c2ccccc12. The molecule has 0 radical (unpaired) electrons. The first-order chi connectivity index (χ1) is 6.36. The molecule has 0 bridgehead atoms. The molecule has 2 rings (SSSR count). The Morgan fingerprint density at radius 2 is 2.15 bits per heavy atom. The molecule has 1 heterocycles. The molecule has 2 aromatic rings. The van der Waals surface area contributed by atoms with E-state index in [9.17, 15) is 0 Å². The van der Waals surface area contributed by atoms with Crippen LogP contribution in [0.15, 0.2) is 30.5 Å². The number of nitriles is 1. The summed E-state index contributed by atoms with van der Waals surface area (Å²) in [5.74, 6) is 0. The summed E-state index contributed by atoms with van der Waals surface area (Å²) >= 11 is 5.73. The van der Waals surface area contributed by atoms with Crippen LogP contribution in [0.25, 0.3) is 10.9 Å². The lowest BCUT2D eigenvalue weighted by molar-refractivity contribution is 0.930. The zero-order valence-electron chi connectivity index (χ0n) is 6.87. The maximum absolute atomic E-state index is 8.84. The van der Waals surface area contributed by atoms with E-state index in [0.717, 1.165) is 10.9 Å². The Bertz CT molecular complexity index is 479. The number of fused-ring (bicyclic) bond motifs is 1. The van der Waals surface area contributed by atoms with Crippen molar-refractivity contribution in [2.24, 2.45) is 0 Å². The third-order valence-electron chi connectivity index (χ3n) is 2.04. The second-order valence-corrected chi connectivity index (χ2v) is 3.00. The van der Waals surface area contributed by atoms with E-state index >= 15 is 0 Å². The molecular weight excluding hydrogens is 184 g/mol. The molecular formula is C10H7ClN2. The van der Waals surface area contributed by atoms with Gasteiger partial charge in [0.25, 0.3) is 0 Å². The number of hydrogen-bond acceptors (Lipinski definition) is 1. The van der Waals surface area contributed by atoms with Crippen molar-refractivity contribution < 1.29 is 0 Å². The fraction of sp³-hybridized carbons (Fsp3) is 0.100. The minimum absolute atomic E-state index is 0.377. The maximum atomic E-state index is 8.84. The lowest BCUT2D eigenvalue weighted by Gasteiger charge is -1.96. The van der Waals surface area contributed by atoms with Gasteiger partial charge in [0.15, 0.2) is 0 Å². The zero-order chi connectivity index (χ0) is 9.26. The predicted molar refractivity (Wildman–Crippen MR) is 52.5 cm³/mol. The molecule has 0 unspecified atom stereocenters. The monoisotopic (exact) mass is 190 g/mol. The molecule has 1 aromatic heterocycles. The van der Waals surface area contributed by atoms with Gasteiger partial charge in [-0.05, 0) is 6.07 Å². The molecule has 0 amide bonds. The van der Waals surface area contributed by atoms with Gasteiger partial charge >= 0.3 is 0 Å². The van der Waals surface area contributed by atoms with Gasteiger partial charge in [-0.3, -0.25) is 0 Å². The van der Waals surface area contributed by atoms with Crippen LogP contribution in [0.3, 0.4) is 0 Å². The molecule has 64 valence electrons. The van der Waals surface area contributed by atoms with Crippen molar-refractivity contribution in [2.45, 2.75) is 6.00 Å². The van der Waals surface area contributed by atoms with Crippen LogP contribution >= 0.6 is 11.6 Å². The van der Waals surface area contributed by atoms with Gasteiger partial charge in [0.05, 0.1) is 17.1 Å². The Hall–Kier alpha value is -1.46. The highest BCUT2D eigenvalue weighted by Gasteiger charge is 2.05. The normalized spacial score (nSPS) is 10.2. The van der Waals surface area contributed by atoms with Crippen molar-refractivity contribution in [1.29, 1.82) is 5.26 Å². The topological polar surface area (TPSA) is 28.7 Å². The summed E-state index contributed by atoms with van der Waals surface area (Å²) in [7, 11) is 0. The highest BCUT2D eigenvalue weighted by Crippen LogP contribution is 2.20. The summed E-state index contributed by atoms with van der Waals surface area (Å²) in [4.78, 5) is 0. The van der Waals surface area contributed by atoms with Gasteiger partial charge in [-0.2, -0.15) is 5.26 Å². The largest absolute Gasteiger partial charge is 0.332 e. The summed E-state index contributed by atoms with van der Waals surface area (Å²) in [5, 5.41) is 9.80. The van der Waals surface area contributed by atoms with Gasteiger partial charge in [0.1, 0.15) is 6.07 Å². The molecule has 13 heavy (non-hydrogen) atoms. The summed E-state index contributed by atoms with van der Waals surface area (Å²) in [5.41, 5.74) is 1.69. The highest BCUT2D eigenvalue weighted by atomic mass is 35.5. The Balaban J connectivity index is 2.84. The maximum Gasteiger partial charge on any atom is 0.101 e. The molecule has 0 aliphatic heterocycles. The van der Waals surface area contributed by atoms with Gasteiger partial charge in [-0.1, -0.05) is 18.2 Å². The summed E-state index contributed by atoms with van der Waals surface area (Å²) in [6.45, 7) is 0. The number of halogens is 1. The third kappa shape index (κ3) is 1.18. The standard InChI is InChI=1S/C10H7ClN2/c11-7-13-6-8(5-12)9-3-1-2-4-10(9)13/h1-4,6H,7H2. The van der Waals surface area contributed by atoms with Crippen LogP contribution in [0.4, 0.5) is 0 Å². The first-order valence-electron chi connectivity index (χ1n) is 3.90. The van der Waals surface area contributed by atoms with Crippen molar-refractivity contribution in [2.75, 3.05) is 0 Å². The molecule has 1 aromatic carbocycles. The molecule has 0 saturated heterocycles. The first kappa shape index (κ1) is 8.15. The third-order valence-corrected chi connectivity index (χ3v) is 2.30. The second kappa shape index (κ2) is 3.12. The molecule has 2 nitrogen and oxygen atoms in total. The number of alkyl halides is 1. The summed E-state index contributed by atoms with van der Waals surface area (Å²) in [6, 6.07) is 10.3. The van der Waals surface area contributed by atoms with Gasteiger partial charge in [-0.15, -0.1) is 11.6 Å². The quantitative estimate of drug-likeness (QED) is 0.636. The minimum Gasteiger partial charge on any atom is -0.332 e. The zero-order valence-corrected chi connectivity index (χ0v) is 7.62. The van der Waals surface area contributed by atoms with E-state index in [-0.39, 0.29) is 0 Å². The number of rotatable bonds is 1. The van der Waals surface area contributed by atoms with Gasteiger partial charge in [0, 0.05) is 11.6 Å². The van der Waals surface area contributed by atoms with Gasteiger partial charge in [0.2, 0.25) is 0 Å². The van der Waals surface area contributed by atoms with Crippen LogP contribution in [0.5, 0.6) is 0 Å². The highest BCUT2D eigenvalue weighted by molar-refractivity contribution is 6.16. The minimum atomic E-state index is 0.377. The average Bonchev–Trinajstić information content (AvgIpc) is 2.56. The fourth-order valence-electron chi connectivity index (χ4n) is 1.43. The Morgan fingerprint density at radius 1 is 1.38 bits per heavy atom. The van der Waals surface area contributed by atoms with Crippen LogP contribution in [0.1, 0.15) is 5.56 Å². The van der Waals surface area contributed by atoms with E-state index in [4.69, 9.17) is 16.9 Å². The average molecular weight is 191 g/mol. The van der Waals surface area contributed by atoms with Crippen LogP contribution in [0.2, 0.25) is 0 Å². The van der Waals surface area contributed by atoms with E-state index in [1.165, 1.54) is 0 Å². The van der Waals surface area contributed by atoms with E-state index in [1.54, 1.807) is 6.20 Å². The molecule has 0 aliphatic rings. The Kier molecular flexibility index (Phi) is 1.96. The van der Waals surface area contributed by atoms with E-state index in [2.05, 4.69) is 6.07 Å². The summed E-state index contributed by atoms with van der Waals surface area (Å²) in [6.07, 6.45) is 1.78. The summed E-state index contributed by atoms with van der Waals surface area (Å²) < 4.78 is 1.86. The van der Waals surface area contributed by atoms with Gasteiger partial charge in [-0.25, -0.2) is 0 Å². The molecule has 0 aliphatic carbocycles.